The summed E-state index contributed by atoms with van der Waals surface area (Å²) in [5.74, 6) is 1.09. The van der Waals surface area contributed by atoms with Gasteiger partial charge in [0.05, 0.1) is 6.07 Å². The third-order valence-electron chi connectivity index (χ3n) is 4.04. The lowest BCUT2D eigenvalue weighted by molar-refractivity contribution is 0.570. The van der Waals surface area contributed by atoms with Crippen LogP contribution in [0.1, 0.15) is 51.1 Å². The third-order valence-corrected chi connectivity index (χ3v) is 5.40. The quantitative estimate of drug-likeness (QED) is 0.714. The topological polar surface area (TPSA) is 35.8 Å². The van der Waals surface area contributed by atoms with Crippen molar-refractivity contribution in [3.05, 3.63) is 29.8 Å². The monoisotopic (exact) mass is 288 g/mol. The highest BCUT2D eigenvalue weighted by molar-refractivity contribution is 7.99. The van der Waals surface area contributed by atoms with Crippen LogP contribution in [0.5, 0.6) is 0 Å². The fourth-order valence-electron chi connectivity index (χ4n) is 2.28. The van der Waals surface area contributed by atoms with Gasteiger partial charge in [0.25, 0.3) is 0 Å². The van der Waals surface area contributed by atoms with Gasteiger partial charge in [-0.05, 0) is 55.8 Å². The van der Waals surface area contributed by atoms with E-state index in [-0.39, 0.29) is 0 Å². The minimum atomic E-state index is 0.327. The molecule has 1 aliphatic rings. The molecule has 0 bridgehead atoms. The summed E-state index contributed by atoms with van der Waals surface area (Å²) < 4.78 is 0. The molecule has 0 aliphatic heterocycles. The number of benzene rings is 1. The normalized spacial score (nSPS) is 17.4. The van der Waals surface area contributed by atoms with Crippen molar-refractivity contribution in [3.63, 3.8) is 0 Å². The predicted octanol–water partition coefficient (Wildman–Crippen LogP) is 4.53. The van der Waals surface area contributed by atoms with Crippen molar-refractivity contribution in [2.45, 2.75) is 50.5 Å². The van der Waals surface area contributed by atoms with Gasteiger partial charge in [0, 0.05) is 23.1 Å². The molecule has 2 nitrogen and oxygen atoms in total. The molecule has 1 aromatic rings. The van der Waals surface area contributed by atoms with Gasteiger partial charge >= 0.3 is 0 Å². The van der Waals surface area contributed by atoms with Crippen molar-refractivity contribution in [3.8, 4) is 6.07 Å². The summed E-state index contributed by atoms with van der Waals surface area (Å²) in [4.78, 5) is 1.32. The lowest BCUT2D eigenvalue weighted by atomic mass is 10.1. The first kappa shape index (κ1) is 15.4. The molecule has 0 amide bonds. The standard InChI is InChI=1S/C17H24N2S/c1-3-12-19-14(2)15-4-6-16(7-5-15)20-13-17(8-9-17)10-11-18/h4-7,14,19H,3,8-10,12-13H2,1-2H3. The van der Waals surface area contributed by atoms with Crippen molar-refractivity contribution in [2.24, 2.45) is 5.41 Å². The average molecular weight is 288 g/mol. The molecule has 1 unspecified atom stereocenters. The van der Waals surface area contributed by atoms with Gasteiger partial charge in [-0.1, -0.05) is 19.1 Å². The number of rotatable bonds is 8. The van der Waals surface area contributed by atoms with E-state index in [9.17, 15) is 0 Å². The molecule has 0 heterocycles. The van der Waals surface area contributed by atoms with E-state index in [4.69, 9.17) is 5.26 Å². The molecule has 1 atom stereocenters. The minimum absolute atomic E-state index is 0.327. The second-order valence-electron chi connectivity index (χ2n) is 5.87. The zero-order valence-electron chi connectivity index (χ0n) is 12.5. The van der Waals surface area contributed by atoms with Gasteiger partial charge in [0.1, 0.15) is 0 Å². The van der Waals surface area contributed by atoms with Crippen molar-refractivity contribution in [1.82, 2.24) is 5.32 Å². The molecule has 0 saturated heterocycles. The number of nitrogens with one attached hydrogen (secondary N) is 1. The van der Waals surface area contributed by atoms with Gasteiger partial charge < -0.3 is 5.32 Å². The summed E-state index contributed by atoms with van der Waals surface area (Å²) in [6.45, 7) is 5.46. The van der Waals surface area contributed by atoms with Gasteiger partial charge in [0.15, 0.2) is 0 Å². The molecule has 0 radical (unpaired) electrons. The van der Waals surface area contributed by atoms with Crippen LogP contribution >= 0.6 is 11.8 Å². The number of nitrogens with zero attached hydrogens (tertiary/aromatic N) is 1. The molecule has 2 rings (SSSR count). The highest BCUT2D eigenvalue weighted by atomic mass is 32.2. The van der Waals surface area contributed by atoms with Crippen LogP contribution in [0.4, 0.5) is 0 Å². The Morgan fingerprint density at radius 2 is 2.05 bits per heavy atom. The Hall–Kier alpha value is -0.980. The maximum Gasteiger partial charge on any atom is 0.0627 e. The molecule has 1 N–H and O–H groups in total. The number of hydrogen-bond donors (Lipinski definition) is 1. The van der Waals surface area contributed by atoms with E-state index in [2.05, 4.69) is 49.5 Å². The summed E-state index contributed by atoms with van der Waals surface area (Å²) in [6.07, 6.45) is 4.34. The lowest BCUT2D eigenvalue weighted by Crippen LogP contribution is -2.19. The van der Waals surface area contributed by atoms with Gasteiger partial charge in [-0.25, -0.2) is 0 Å². The van der Waals surface area contributed by atoms with Crippen LogP contribution in [0.2, 0.25) is 0 Å². The first-order valence-corrected chi connectivity index (χ1v) is 8.51. The van der Waals surface area contributed by atoms with E-state index in [1.54, 1.807) is 0 Å². The van der Waals surface area contributed by atoms with Gasteiger partial charge in [-0.3, -0.25) is 0 Å². The Bertz CT molecular complexity index is 457. The maximum absolute atomic E-state index is 8.84. The summed E-state index contributed by atoms with van der Waals surface area (Å²) in [5, 5.41) is 12.3. The van der Waals surface area contributed by atoms with Crippen LogP contribution in [0.15, 0.2) is 29.2 Å². The van der Waals surface area contributed by atoms with E-state index >= 15 is 0 Å². The minimum Gasteiger partial charge on any atom is -0.310 e. The van der Waals surface area contributed by atoms with Crippen LogP contribution < -0.4 is 5.32 Å². The number of hydrogen-bond acceptors (Lipinski definition) is 3. The van der Waals surface area contributed by atoms with Crippen LogP contribution in [0, 0.1) is 16.7 Å². The molecule has 108 valence electrons. The second kappa shape index (κ2) is 7.15. The second-order valence-corrected chi connectivity index (χ2v) is 6.92. The molecule has 0 aromatic heterocycles. The molecule has 20 heavy (non-hydrogen) atoms. The molecule has 1 aromatic carbocycles. The molecule has 1 fully saturated rings. The Morgan fingerprint density at radius 3 is 2.60 bits per heavy atom. The van der Waals surface area contributed by atoms with Crippen molar-refractivity contribution < 1.29 is 0 Å². The van der Waals surface area contributed by atoms with Crippen LogP contribution in [-0.2, 0) is 0 Å². The summed E-state index contributed by atoms with van der Waals surface area (Å²) in [6, 6.07) is 11.6. The SMILES string of the molecule is CCCNC(C)c1ccc(SCC2(CC#N)CC2)cc1. The van der Waals surface area contributed by atoms with Crippen molar-refractivity contribution in [1.29, 1.82) is 5.26 Å². The largest absolute Gasteiger partial charge is 0.310 e. The molecular weight excluding hydrogens is 264 g/mol. The van der Waals surface area contributed by atoms with E-state index in [1.807, 2.05) is 11.8 Å². The molecule has 3 heteroatoms. The van der Waals surface area contributed by atoms with E-state index < -0.39 is 0 Å². The Labute approximate surface area is 127 Å². The van der Waals surface area contributed by atoms with Gasteiger partial charge in [-0.2, -0.15) is 5.26 Å². The first-order chi connectivity index (χ1) is 9.69. The lowest BCUT2D eigenvalue weighted by Gasteiger charge is -2.14. The Morgan fingerprint density at radius 1 is 1.35 bits per heavy atom. The molecular formula is C17H24N2S. The summed E-state index contributed by atoms with van der Waals surface area (Å²) in [5.41, 5.74) is 1.68. The first-order valence-electron chi connectivity index (χ1n) is 7.52. The third kappa shape index (κ3) is 4.26. The summed E-state index contributed by atoms with van der Waals surface area (Å²) in [7, 11) is 0. The smallest absolute Gasteiger partial charge is 0.0627 e. The molecule has 1 saturated carbocycles. The van der Waals surface area contributed by atoms with E-state index in [0.29, 0.717) is 11.5 Å². The molecule has 0 spiro atoms. The van der Waals surface area contributed by atoms with Gasteiger partial charge in [0.2, 0.25) is 0 Å². The molecule has 1 aliphatic carbocycles. The van der Waals surface area contributed by atoms with Crippen molar-refractivity contribution in [2.75, 3.05) is 12.3 Å². The van der Waals surface area contributed by atoms with E-state index in [1.165, 1.54) is 29.7 Å². The zero-order valence-corrected chi connectivity index (χ0v) is 13.3. The van der Waals surface area contributed by atoms with Crippen LogP contribution in [-0.4, -0.2) is 12.3 Å². The highest BCUT2D eigenvalue weighted by Crippen LogP contribution is 2.51. The predicted molar refractivity (Wildman–Crippen MR) is 85.8 cm³/mol. The van der Waals surface area contributed by atoms with Gasteiger partial charge in [-0.15, -0.1) is 11.8 Å². The Kier molecular flexibility index (Phi) is 5.51. The van der Waals surface area contributed by atoms with E-state index in [0.717, 1.165) is 18.7 Å². The summed E-state index contributed by atoms with van der Waals surface area (Å²) >= 11 is 1.90. The average Bonchev–Trinajstić information content (AvgIpc) is 3.24. The Balaban J connectivity index is 1.84. The maximum atomic E-state index is 8.84. The number of thioether (sulfide) groups is 1. The number of nitriles is 1. The highest BCUT2D eigenvalue weighted by Gasteiger charge is 2.42. The van der Waals surface area contributed by atoms with Crippen LogP contribution in [0.25, 0.3) is 0 Å². The fourth-order valence-corrected chi connectivity index (χ4v) is 3.48. The zero-order chi connectivity index (χ0) is 14.4. The van der Waals surface area contributed by atoms with Crippen molar-refractivity contribution >= 4 is 11.8 Å². The fraction of sp³-hybridized carbons (Fsp3) is 0.588. The van der Waals surface area contributed by atoms with Crippen LogP contribution in [0.3, 0.4) is 0 Å².